The number of nitriles is 1. The van der Waals surface area contributed by atoms with E-state index in [2.05, 4.69) is 20.7 Å². The third kappa shape index (κ3) is 2.87. The quantitative estimate of drug-likeness (QED) is 0.489. The van der Waals surface area contributed by atoms with Gasteiger partial charge < -0.3 is 4.74 Å². The molecule has 0 radical (unpaired) electrons. The summed E-state index contributed by atoms with van der Waals surface area (Å²) in [5, 5.41) is 20.2. The number of hydrogen-bond donors (Lipinski definition) is 2. The minimum absolute atomic E-state index is 0.194. The Morgan fingerprint density at radius 2 is 2.47 bits per heavy atom. The van der Waals surface area contributed by atoms with Crippen LogP contribution < -0.4 is 5.43 Å². The number of rotatable bonds is 4. The van der Waals surface area contributed by atoms with E-state index in [1.807, 2.05) is 6.07 Å². The Bertz CT molecular complexity index is 668. The Hall–Kier alpha value is -2.88. The number of ether oxygens (including phenoxy) is 1. The number of nitrogens with one attached hydrogen (secondary N) is 2. The molecule has 0 fully saturated rings. The fraction of sp³-hybridized carbons (Fsp3) is 0.167. The SMILES string of the molecule is CCOC(=O)/C(C#N)=N/Nc1ccc2cn[nH]c2c1. The van der Waals surface area contributed by atoms with Gasteiger partial charge in [-0.15, -0.1) is 0 Å². The molecular formula is C12H11N5O2. The summed E-state index contributed by atoms with van der Waals surface area (Å²) in [7, 11) is 0. The molecular weight excluding hydrogens is 246 g/mol. The average molecular weight is 257 g/mol. The number of anilines is 1. The van der Waals surface area contributed by atoms with Crippen LogP contribution in [-0.2, 0) is 9.53 Å². The van der Waals surface area contributed by atoms with E-state index in [4.69, 9.17) is 10.00 Å². The molecule has 0 spiro atoms. The van der Waals surface area contributed by atoms with E-state index in [0.717, 1.165) is 10.9 Å². The van der Waals surface area contributed by atoms with E-state index in [9.17, 15) is 4.79 Å². The summed E-state index contributed by atoms with van der Waals surface area (Å²) in [6.45, 7) is 1.85. The van der Waals surface area contributed by atoms with Crippen LogP contribution in [-0.4, -0.2) is 28.5 Å². The van der Waals surface area contributed by atoms with E-state index in [1.165, 1.54) is 0 Å². The first-order chi connectivity index (χ1) is 9.24. The van der Waals surface area contributed by atoms with Gasteiger partial charge in [-0.2, -0.15) is 15.5 Å². The second-order valence-electron chi connectivity index (χ2n) is 3.58. The number of benzene rings is 1. The summed E-state index contributed by atoms with van der Waals surface area (Å²) in [6, 6.07) is 7.06. The highest BCUT2D eigenvalue weighted by atomic mass is 16.5. The lowest BCUT2D eigenvalue weighted by molar-refractivity contribution is -0.134. The zero-order valence-corrected chi connectivity index (χ0v) is 10.2. The van der Waals surface area contributed by atoms with Gasteiger partial charge in [0.1, 0.15) is 6.07 Å². The Morgan fingerprint density at radius 1 is 1.63 bits per heavy atom. The van der Waals surface area contributed by atoms with Gasteiger partial charge in [0.25, 0.3) is 0 Å². The molecule has 0 amide bonds. The fourth-order valence-electron chi connectivity index (χ4n) is 1.44. The topological polar surface area (TPSA) is 103 Å². The first kappa shape index (κ1) is 12.6. The third-order valence-electron chi connectivity index (χ3n) is 2.31. The predicted molar refractivity (Wildman–Crippen MR) is 69.4 cm³/mol. The van der Waals surface area contributed by atoms with Crippen LogP contribution in [0.2, 0.25) is 0 Å². The molecule has 1 aromatic heterocycles. The van der Waals surface area contributed by atoms with Gasteiger partial charge >= 0.3 is 5.97 Å². The van der Waals surface area contributed by atoms with E-state index >= 15 is 0 Å². The van der Waals surface area contributed by atoms with Crippen molar-refractivity contribution in [3.63, 3.8) is 0 Å². The lowest BCUT2D eigenvalue weighted by atomic mass is 10.2. The van der Waals surface area contributed by atoms with Crippen molar-refractivity contribution in [1.29, 1.82) is 5.26 Å². The molecule has 0 unspecified atom stereocenters. The number of aromatic amines is 1. The number of nitrogens with zero attached hydrogens (tertiary/aromatic N) is 3. The van der Waals surface area contributed by atoms with Crippen LogP contribution in [0.3, 0.4) is 0 Å². The van der Waals surface area contributed by atoms with Crippen LogP contribution in [0.1, 0.15) is 6.92 Å². The van der Waals surface area contributed by atoms with E-state index in [1.54, 1.807) is 31.3 Å². The van der Waals surface area contributed by atoms with Crippen molar-refractivity contribution in [2.75, 3.05) is 12.0 Å². The molecule has 0 saturated carbocycles. The molecule has 2 N–H and O–H groups in total. The van der Waals surface area contributed by atoms with Crippen molar-refractivity contribution in [2.24, 2.45) is 5.10 Å². The molecule has 2 rings (SSSR count). The summed E-state index contributed by atoms with van der Waals surface area (Å²) >= 11 is 0. The van der Waals surface area contributed by atoms with Crippen LogP contribution in [0.15, 0.2) is 29.5 Å². The van der Waals surface area contributed by atoms with Crippen LogP contribution in [0.5, 0.6) is 0 Å². The molecule has 0 atom stereocenters. The van der Waals surface area contributed by atoms with Gasteiger partial charge in [0.2, 0.25) is 5.71 Å². The number of hydrazone groups is 1. The molecule has 0 aliphatic rings. The standard InChI is InChI=1S/C12H11N5O2/c1-2-19-12(18)11(6-13)17-15-9-4-3-8-7-14-16-10(8)5-9/h3-5,7,15H,2H2,1H3,(H,14,16)/b17-11+. The lowest BCUT2D eigenvalue weighted by Crippen LogP contribution is -2.17. The lowest BCUT2D eigenvalue weighted by Gasteiger charge is -2.02. The number of esters is 1. The van der Waals surface area contributed by atoms with Crippen molar-refractivity contribution in [1.82, 2.24) is 10.2 Å². The predicted octanol–water partition coefficient (Wildman–Crippen LogP) is 1.42. The van der Waals surface area contributed by atoms with Gasteiger partial charge in [0.15, 0.2) is 0 Å². The number of hydrogen-bond acceptors (Lipinski definition) is 6. The smallest absolute Gasteiger partial charge is 0.369 e. The highest BCUT2D eigenvalue weighted by molar-refractivity contribution is 6.43. The second kappa shape index (κ2) is 5.64. The van der Waals surface area contributed by atoms with Gasteiger partial charge in [0, 0.05) is 5.39 Å². The maximum absolute atomic E-state index is 11.3. The zero-order chi connectivity index (χ0) is 13.7. The zero-order valence-electron chi connectivity index (χ0n) is 10.2. The maximum atomic E-state index is 11.3. The van der Waals surface area contributed by atoms with Gasteiger partial charge in [0.05, 0.1) is 24.0 Å². The second-order valence-corrected chi connectivity index (χ2v) is 3.58. The van der Waals surface area contributed by atoms with Crippen molar-refractivity contribution in [2.45, 2.75) is 6.92 Å². The summed E-state index contributed by atoms with van der Waals surface area (Å²) in [4.78, 5) is 11.3. The number of aromatic nitrogens is 2. The van der Waals surface area contributed by atoms with E-state index < -0.39 is 5.97 Å². The molecule has 1 aromatic carbocycles. The molecule has 7 heteroatoms. The Kier molecular flexibility index (Phi) is 3.73. The van der Waals surface area contributed by atoms with Gasteiger partial charge in [-0.05, 0) is 25.1 Å². The molecule has 7 nitrogen and oxygen atoms in total. The largest absolute Gasteiger partial charge is 0.461 e. The first-order valence-corrected chi connectivity index (χ1v) is 5.58. The Morgan fingerprint density at radius 3 is 3.21 bits per heavy atom. The van der Waals surface area contributed by atoms with Crippen molar-refractivity contribution in [3.05, 3.63) is 24.4 Å². The summed E-state index contributed by atoms with van der Waals surface area (Å²) in [6.07, 6.45) is 1.70. The normalized spacial score (nSPS) is 11.1. The first-order valence-electron chi connectivity index (χ1n) is 5.58. The molecule has 0 aliphatic carbocycles. The van der Waals surface area contributed by atoms with Gasteiger partial charge in [-0.1, -0.05) is 0 Å². The summed E-state index contributed by atoms with van der Waals surface area (Å²) in [5.41, 5.74) is 3.77. The number of carbonyl (C=O) groups excluding carboxylic acids is 1. The minimum Gasteiger partial charge on any atom is -0.461 e. The summed E-state index contributed by atoms with van der Waals surface area (Å²) in [5.74, 6) is -0.750. The van der Waals surface area contributed by atoms with Crippen LogP contribution in [0.4, 0.5) is 5.69 Å². The number of fused-ring (bicyclic) bond motifs is 1. The highest BCUT2D eigenvalue weighted by Gasteiger charge is 2.11. The van der Waals surface area contributed by atoms with Crippen molar-refractivity contribution in [3.8, 4) is 6.07 Å². The molecule has 0 saturated heterocycles. The summed E-state index contributed by atoms with van der Waals surface area (Å²) < 4.78 is 4.69. The number of carbonyl (C=O) groups is 1. The fourth-order valence-corrected chi connectivity index (χ4v) is 1.44. The molecule has 0 bridgehead atoms. The minimum atomic E-state index is -0.750. The van der Waals surface area contributed by atoms with Crippen molar-refractivity contribution < 1.29 is 9.53 Å². The average Bonchev–Trinajstić information content (AvgIpc) is 2.87. The Labute approximate surface area is 108 Å². The third-order valence-corrected chi connectivity index (χ3v) is 2.31. The molecule has 19 heavy (non-hydrogen) atoms. The van der Waals surface area contributed by atoms with Gasteiger partial charge in [-0.3, -0.25) is 10.5 Å². The van der Waals surface area contributed by atoms with E-state index in [-0.39, 0.29) is 12.3 Å². The molecule has 1 heterocycles. The molecule has 96 valence electrons. The maximum Gasteiger partial charge on any atom is 0.369 e. The molecule has 0 aliphatic heterocycles. The monoisotopic (exact) mass is 257 g/mol. The molecule has 2 aromatic rings. The van der Waals surface area contributed by atoms with E-state index in [0.29, 0.717) is 5.69 Å². The van der Waals surface area contributed by atoms with Crippen LogP contribution in [0, 0.1) is 11.3 Å². The van der Waals surface area contributed by atoms with Crippen LogP contribution >= 0.6 is 0 Å². The number of H-pyrrole nitrogens is 1. The van der Waals surface area contributed by atoms with Crippen molar-refractivity contribution >= 4 is 28.3 Å². The highest BCUT2D eigenvalue weighted by Crippen LogP contribution is 2.16. The van der Waals surface area contributed by atoms with Gasteiger partial charge in [-0.25, -0.2) is 4.79 Å². The van der Waals surface area contributed by atoms with Crippen LogP contribution in [0.25, 0.3) is 10.9 Å². The Balaban J connectivity index is 2.15.